The third-order valence-corrected chi connectivity index (χ3v) is 2.98. The maximum atomic E-state index is 11.6. The molecule has 1 rings (SSSR count). The summed E-state index contributed by atoms with van der Waals surface area (Å²) in [5.74, 6) is -0.112. The molecular weight excluding hydrogens is 265 g/mol. The molecule has 1 atom stereocenters. The lowest BCUT2D eigenvalue weighted by Crippen LogP contribution is -2.25. The van der Waals surface area contributed by atoms with E-state index in [0.29, 0.717) is 0 Å². The Kier molecular flexibility index (Phi) is 3.96. The molecule has 1 aromatic carbocycles. The fourth-order valence-electron chi connectivity index (χ4n) is 1.04. The monoisotopic (exact) mass is 275 g/mol. The van der Waals surface area contributed by atoms with E-state index in [9.17, 15) is 4.79 Å². The number of carbonyl (C=O) groups is 1. The highest BCUT2D eigenvalue weighted by Crippen LogP contribution is 2.28. The van der Waals surface area contributed by atoms with Gasteiger partial charge in [-0.3, -0.25) is 4.79 Å². The minimum Gasteiger partial charge on any atom is -0.347 e. The second kappa shape index (κ2) is 4.80. The molecule has 2 nitrogen and oxygen atoms in total. The topological polar surface area (TPSA) is 20.3 Å². The number of carbonyl (C=O) groups excluding carboxylic acids is 1. The Morgan fingerprint density at radius 1 is 1.43 bits per heavy atom. The number of rotatable bonds is 2. The van der Waals surface area contributed by atoms with Gasteiger partial charge in [-0.25, -0.2) is 0 Å². The Morgan fingerprint density at radius 2 is 2.00 bits per heavy atom. The van der Waals surface area contributed by atoms with E-state index in [2.05, 4.69) is 15.9 Å². The van der Waals surface area contributed by atoms with Gasteiger partial charge in [0, 0.05) is 18.6 Å². The smallest absolute Gasteiger partial charge is 0.244 e. The number of amides is 1. The zero-order valence-corrected chi connectivity index (χ0v) is 10.3. The minimum atomic E-state index is -0.624. The SMILES string of the molecule is CN(C)C(=O)C(Cl)c1ccccc1Br. The Bertz CT molecular complexity index is 341. The van der Waals surface area contributed by atoms with Gasteiger partial charge in [-0.1, -0.05) is 34.1 Å². The standard InChI is InChI=1S/C10H11BrClNO/c1-13(2)10(14)9(12)7-5-3-4-6-8(7)11/h3-6,9H,1-2H3. The molecule has 1 unspecified atom stereocenters. The van der Waals surface area contributed by atoms with Crippen LogP contribution in [0.15, 0.2) is 28.7 Å². The Labute approximate surface area is 97.0 Å². The maximum Gasteiger partial charge on any atom is 0.244 e. The Morgan fingerprint density at radius 3 is 2.50 bits per heavy atom. The molecule has 76 valence electrons. The van der Waals surface area contributed by atoms with E-state index in [-0.39, 0.29) is 5.91 Å². The van der Waals surface area contributed by atoms with Crippen molar-refractivity contribution in [2.75, 3.05) is 14.1 Å². The van der Waals surface area contributed by atoms with Crippen LogP contribution in [0, 0.1) is 0 Å². The first-order valence-electron chi connectivity index (χ1n) is 4.13. The van der Waals surface area contributed by atoms with Crippen LogP contribution in [0.3, 0.4) is 0 Å². The predicted octanol–water partition coefficient (Wildman–Crippen LogP) is 2.82. The molecule has 1 amide bonds. The molecule has 0 spiro atoms. The average Bonchev–Trinajstić information content (AvgIpc) is 2.16. The molecule has 0 aliphatic rings. The summed E-state index contributed by atoms with van der Waals surface area (Å²) in [6.45, 7) is 0. The summed E-state index contributed by atoms with van der Waals surface area (Å²) in [5.41, 5.74) is 0.799. The van der Waals surface area contributed by atoms with Crippen molar-refractivity contribution in [3.05, 3.63) is 34.3 Å². The number of nitrogens with zero attached hydrogens (tertiary/aromatic N) is 1. The van der Waals surface area contributed by atoms with Crippen molar-refractivity contribution in [3.63, 3.8) is 0 Å². The van der Waals surface area contributed by atoms with Gasteiger partial charge >= 0.3 is 0 Å². The average molecular weight is 277 g/mol. The van der Waals surface area contributed by atoms with Gasteiger partial charge < -0.3 is 4.90 Å². The second-order valence-corrected chi connectivity index (χ2v) is 4.41. The molecule has 0 radical (unpaired) electrons. The van der Waals surface area contributed by atoms with Gasteiger partial charge in [-0.2, -0.15) is 0 Å². The molecule has 0 saturated carbocycles. The number of hydrogen-bond acceptors (Lipinski definition) is 1. The van der Waals surface area contributed by atoms with E-state index >= 15 is 0 Å². The van der Waals surface area contributed by atoms with Crippen LogP contribution in [-0.4, -0.2) is 24.9 Å². The van der Waals surface area contributed by atoms with Crippen LogP contribution < -0.4 is 0 Å². The van der Waals surface area contributed by atoms with Crippen molar-refractivity contribution >= 4 is 33.4 Å². The normalized spacial score (nSPS) is 12.3. The highest BCUT2D eigenvalue weighted by Gasteiger charge is 2.20. The molecule has 1 aromatic rings. The van der Waals surface area contributed by atoms with Crippen LogP contribution in [0.1, 0.15) is 10.9 Å². The summed E-state index contributed by atoms with van der Waals surface area (Å²) in [7, 11) is 3.38. The van der Waals surface area contributed by atoms with Gasteiger partial charge in [0.15, 0.2) is 0 Å². The van der Waals surface area contributed by atoms with Crippen LogP contribution in [0.5, 0.6) is 0 Å². The highest BCUT2D eigenvalue weighted by atomic mass is 79.9. The van der Waals surface area contributed by atoms with Crippen molar-refractivity contribution < 1.29 is 4.79 Å². The predicted molar refractivity (Wildman–Crippen MR) is 61.4 cm³/mol. The summed E-state index contributed by atoms with van der Waals surface area (Å²) in [6, 6.07) is 7.45. The Balaban J connectivity index is 2.95. The number of alkyl halides is 1. The largest absolute Gasteiger partial charge is 0.347 e. The van der Waals surface area contributed by atoms with Crippen molar-refractivity contribution in [1.29, 1.82) is 0 Å². The molecule has 0 N–H and O–H groups in total. The van der Waals surface area contributed by atoms with Crippen LogP contribution in [0.25, 0.3) is 0 Å². The fraction of sp³-hybridized carbons (Fsp3) is 0.300. The molecular formula is C10H11BrClNO. The zero-order chi connectivity index (χ0) is 10.7. The molecule has 0 aliphatic heterocycles. The first-order chi connectivity index (χ1) is 6.54. The van der Waals surface area contributed by atoms with Gasteiger partial charge in [0.2, 0.25) is 5.91 Å². The van der Waals surface area contributed by atoms with E-state index in [1.165, 1.54) is 4.90 Å². The first-order valence-corrected chi connectivity index (χ1v) is 5.36. The van der Waals surface area contributed by atoms with Crippen molar-refractivity contribution in [2.45, 2.75) is 5.38 Å². The third kappa shape index (κ3) is 2.49. The van der Waals surface area contributed by atoms with Gasteiger partial charge in [0.05, 0.1) is 0 Å². The Hall–Kier alpha value is -0.540. The molecule has 0 saturated heterocycles. The number of hydrogen-bond donors (Lipinski definition) is 0. The van der Waals surface area contributed by atoms with Crippen LogP contribution >= 0.6 is 27.5 Å². The maximum absolute atomic E-state index is 11.6. The van der Waals surface area contributed by atoms with Crippen LogP contribution in [0.2, 0.25) is 0 Å². The van der Waals surface area contributed by atoms with Crippen LogP contribution in [-0.2, 0) is 4.79 Å². The molecule has 0 aliphatic carbocycles. The molecule has 0 heterocycles. The van der Waals surface area contributed by atoms with Gasteiger partial charge in [0.1, 0.15) is 5.38 Å². The fourth-order valence-corrected chi connectivity index (χ4v) is 2.07. The summed E-state index contributed by atoms with van der Waals surface area (Å²) in [4.78, 5) is 13.1. The minimum absolute atomic E-state index is 0.112. The quantitative estimate of drug-likeness (QED) is 0.761. The summed E-state index contributed by atoms with van der Waals surface area (Å²) in [5, 5.41) is -0.624. The van der Waals surface area contributed by atoms with Crippen molar-refractivity contribution in [2.24, 2.45) is 0 Å². The van der Waals surface area contributed by atoms with E-state index in [1.807, 2.05) is 24.3 Å². The summed E-state index contributed by atoms with van der Waals surface area (Å²) in [6.07, 6.45) is 0. The molecule has 0 bridgehead atoms. The summed E-state index contributed by atoms with van der Waals surface area (Å²) >= 11 is 9.39. The van der Waals surface area contributed by atoms with Crippen molar-refractivity contribution in [1.82, 2.24) is 4.90 Å². The lowest BCUT2D eigenvalue weighted by atomic mass is 10.1. The molecule has 4 heteroatoms. The summed E-state index contributed by atoms with van der Waals surface area (Å²) < 4.78 is 0.857. The van der Waals surface area contributed by atoms with E-state index in [1.54, 1.807) is 14.1 Å². The molecule has 0 fully saturated rings. The zero-order valence-electron chi connectivity index (χ0n) is 8.00. The van der Waals surface area contributed by atoms with E-state index in [0.717, 1.165) is 10.0 Å². The van der Waals surface area contributed by atoms with Gasteiger partial charge in [0.25, 0.3) is 0 Å². The number of halogens is 2. The van der Waals surface area contributed by atoms with E-state index in [4.69, 9.17) is 11.6 Å². The number of benzene rings is 1. The molecule has 0 aromatic heterocycles. The second-order valence-electron chi connectivity index (χ2n) is 3.12. The van der Waals surface area contributed by atoms with Gasteiger partial charge in [-0.15, -0.1) is 11.6 Å². The lowest BCUT2D eigenvalue weighted by Gasteiger charge is -2.16. The van der Waals surface area contributed by atoms with Gasteiger partial charge in [-0.05, 0) is 11.6 Å². The third-order valence-electron chi connectivity index (χ3n) is 1.84. The lowest BCUT2D eigenvalue weighted by molar-refractivity contribution is -0.128. The van der Waals surface area contributed by atoms with Crippen molar-refractivity contribution in [3.8, 4) is 0 Å². The first kappa shape index (κ1) is 11.5. The molecule has 14 heavy (non-hydrogen) atoms. The van der Waals surface area contributed by atoms with Crippen LogP contribution in [0.4, 0.5) is 0 Å². The highest BCUT2D eigenvalue weighted by molar-refractivity contribution is 9.10. The van der Waals surface area contributed by atoms with E-state index < -0.39 is 5.38 Å². The number of likely N-dealkylation sites (N-methyl/N-ethyl adjacent to an activating group) is 1.